The van der Waals surface area contributed by atoms with Crippen molar-refractivity contribution in [2.45, 2.75) is 26.8 Å². The number of aromatic nitrogens is 2. The molecule has 3 aromatic heterocycles. The molecule has 37 heavy (non-hydrogen) atoms. The molecule has 0 radical (unpaired) electrons. The van der Waals surface area contributed by atoms with Crippen molar-refractivity contribution in [1.82, 2.24) is 9.97 Å². The van der Waals surface area contributed by atoms with E-state index in [4.69, 9.17) is 16.0 Å². The Morgan fingerprint density at radius 2 is 1.89 bits per heavy atom. The predicted molar refractivity (Wildman–Crippen MR) is 147 cm³/mol. The highest BCUT2D eigenvalue weighted by Gasteiger charge is 2.26. The molecule has 1 aliphatic rings. The van der Waals surface area contributed by atoms with Gasteiger partial charge in [-0.15, -0.1) is 0 Å². The first kappa shape index (κ1) is 25.2. The smallest absolute Gasteiger partial charge is 0.196 e. The van der Waals surface area contributed by atoms with E-state index < -0.39 is 9.84 Å². The molecule has 0 bridgehead atoms. The predicted octanol–water partition coefficient (Wildman–Crippen LogP) is 4.93. The van der Waals surface area contributed by atoms with Crippen LogP contribution in [-0.4, -0.2) is 43.0 Å². The van der Waals surface area contributed by atoms with E-state index in [9.17, 15) is 13.2 Å². The molecule has 1 unspecified atom stereocenters. The summed E-state index contributed by atoms with van der Waals surface area (Å²) in [6, 6.07) is 10.8. The van der Waals surface area contributed by atoms with Crippen molar-refractivity contribution >= 4 is 43.9 Å². The minimum atomic E-state index is -3.05. The van der Waals surface area contributed by atoms with E-state index in [1.165, 1.54) is 0 Å². The zero-order valence-electron chi connectivity index (χ0n) is 20.8. The lowest BCUT2D eigenvalue weighted by Crippen LogP contribution is -2.41. The number of hydrogen-bond donors (Lipinski definition) is 1. The van der Waals surface area contributed by atoms with Gasteiger partial charge in [-0.2, -0.15) is 0 Å². The van der Waals surface area contributed by atoms with Gasteiger partial charge in [0.05, 0.1) is 28.6 Å². The fraction of sp³-hybridized carbons (Fsp3) is 0.296. The second kappa shape index (κ2) is 9.79. The molecule has 10 heteroatoms. The molecule has 4 heterocycles. The van der Waals surface area contributed by atoms with Crippen LogP contribution in [0.15, 0.2) is 58.0 Å². The van der Waals surface area contributed by atoms with Gasteiger partial charge < -0.3 is 14.6 Å². The summed E-state index contributed by atoms with van der Waals surface area (Å²) in [5.41, 5.74) is 4.16. The van der Waals surface area contributed by atoms with E-state index >= 15 is 0 Å². The maximum absolute atomic E-state index is 13.4. The molecule has 1 atom stereocenters. The summed E-state index contributed by atoms with van der Waals surface area (Å²) in [6.07, 6.45) is 3.35. The van der Waals surface area contributed by atoms with Crippen LogP contribution in [0.4, 0.5) is 11.5 Å². The molecule has 1 N–H and O–H groups in total. The van der Waals surface area contributed by atoms with E-state index in [0.29, 0.717) is 52.0 Å². The second-order valence-electron chi connectivity index (χ2n) is 9.37. The van der Waals surface area contributed by atoms with Crippen molar-refractivity contribution in [3.8, 4) is 11.3 Å². The molecule has 0 aliphatic carbocycles. The van der Waals surface area contributed by atoms with Crippen LogP contribution >= 0.6 is 11.6 Å². The van der Waals surface area contributed by atoms with Gasteiger partial charge in [0.25, 0.3) is 0 Å². The lowest BCUT2D eigenvalue weighted by atomic mass is 9.99. The first-order chi connectivity index (χ1) is 17.6. The van der Waals surface area contributed by atoms with Crippen LogP contribution in [0.3, 0.4) is 0 Å². The molecular weight excluding hydrogens is 512 g/mol. The third-order valence-electron chi connectivity index (χ3n) is 6.64. The van der Waals surface area contributed by atoms with Gasteiger partial charge in [-0.05, 0) is 56.7 Å². The van der Waals surface area contributed by atoms with Crippen molar-refractivity contribution in [3.63, 3.8) is 0 Å². The molecule has 0 saturated carbocycles. The fourth-order valence-electron chi connectivity index (χ4n) is 4.68. The molecule has 1 fully saturated rings. The minimum Gasteiger partial charge on any atom is -0.455 e. The summed E-state index contributed by atoms with van der Waals surface area (Å²) >= 11 is 6.21. The molecule has 192 valence electrons. The van der Waals surface area contributed by atoms with Gasteiger partial charge in [-0.25, -0.2) is 13.4 Å². The zero-order valence-corrected chi connectivity index (χ0v) is 22.4. The third kappa shape index (κ3) is 5.06. The number of fused-ring (bicyclic) bond motifs is 1. The van der Waals surface area contributed by atoms with Crippen molar-refractivity contribution in [2.75, 3.05) is 34.8 Å². The highest BCUT2D eigenvalue weighted by atomic mass is 35.5. The van der Waals surface area contributed by atoms with Gasteiger partial charge in [0.1, 0.15) is 16.5 Å². The summed E-state index contributed by atoms with van der Waals surface area (Å²) in [6.45, 7) is 6.38. The molecule has 1 aromatic carbocycles. The lowest BCUT2D eigenvalue weighted by molar-refractivity contribution is 0.586. The fourth-order valence-corrected chi connectivity index (χ4v) is 6.02. The van der Waals surface area contributed by atoms with Crippen LogP contribution in [0.25, 0.3) is 22.3 Å². The van der Waals surface area contributed by atoms with Crippen molar-refractivity contribution in [2.24, 2.45) is 0 Å². The Kier molecular flexibility index (Phi) is 6.68. The van der Waals surface area contributed by atoms with Crippen LogP contribution < -0.4 is 15.6 Å². The average molecular weight is 539 g/mol. The van der Waals surface area contributed by atoms with Crippen molar-refractivity contribution in [1.29, 1.82) is 0 Å². The number of pyridine rings is 2. The summed E-state index contributed by atoms with van der Waals surface area (Å²) in [5.74, 6) is 1.23. The molecule has 8 nitrogen and oxygen atoms in total. The second-order valence-corrected chi connectivity index (χ2v) is 12.1. The number of rotatable bonds is 5. The van der Waals surface area contributed by atoms with Crippen LogP contribution in [0.1, 0.15) is 29.7 Å². The number of nitrogens with zero attached hydrogens (tertiary/aromatic N) is 3. The Morgan fingerprint density at radius 1 is 1.14 bits per heavy atom. The molecular formula is C27H27ClN4O4S. The summed E-state index contributed by atoms with van der Waals surface area (Å²) in [5, 5.41) is 4.34. The van der Waals surface area contributed by atoms with E-state index in [-0.39, 0.29) is 23.0 Å². The quantitative estimate of drug-likeness (QED) is 0.357. The standard InChI is InChI=1S/C27H27ClN4O4S/c1-16-13-20(26-21(14-16)24(33)17(2)25(36-26)19-5-4-8-29-15-19)18(3)30-22-6-7-23(28)31-27(22)32-9-11-37(34,35)12-10-32/h4-8,13-15,18,30H,9-12H2,1-3H3. The van der Waals surface area contributed by atoms with E-state index in [1.807, 2.05) is 43.0 Å². The van der Waals surface area contributed by atoms with Gasteiger partial charge in [-0.3, -0.25) is 9.78 Å². The van der Waals surface area contributed by atoms with E-state index in [0.717, 1.165) is 16.7 Å². The number of hydrogen-bond acceptors (Lipinski definition) is 8. The normalized spacial score (nSPS) is 16.1. The topological polar surface area (TPSA) is 105 Å². The molecule has 1 aliphatic heterocycles. The van der Waals surface area contributed by atoms with Gasteiger partial charge in [0.2, 0.25) is 0 Å². The number of sulfone groups is 1. The molecule has 4 aromatic rings. The Bertz CT molecular complexity index is 1640. The largest absolute Gasteiger partial charge is 0.455 e. The first-order valence-corrected chi connectivity index (χ1v) is 14.2. The Hall–Kier alpha value is -3.43. The Balaban J connectivity index is 1.57. The van der Waals surface area contributed by atoms with Crippen LogP contribution in [0.2, 0.25) is 5.15 Å². The third-order valence-corrected chi connectivity index (χ3v) is 8.46. The minimum absolute atomic E-state index is 0.0698. The highest BCUT2D eigenvalue weighted by Crippen LogP contribution is 2.34. The number of anilines is 2. The maximum Gasteiger partial charge on any atom is 0.196 e. The molecule has 0 amide bonds. The summed E-state index contributed by atoms with van der Waals surface area (Å²) < 4.78 is 30.3. The number of halogens is 1. The Morgan fingerprint density at radius 3 is 2.59 bits per heavy atom. The summed E-state index contributed by atoms with van der Waals surface area (Å²) in [7, 11) is -3.05. The van der Waals surface area contributed by atoms with Crippen LogP contribution in [-0.2, 0) is 9.84 Å². The van der Waals surface area contributed by atoms with E-state index in [1.54, 1.807) is 31.5 Å². The maximum atomic E-state index is 13.4. The van der Waals surface area contributed by atoms with Gasteiger partial charge in [0, 0.05) is 42.2 Å². The van der Waals surface area contributed by atoms with Crippen molar-refractivity contribution in [3.05, 3.63) is 80.9 Å². The monoisotopic (exact) mass is 538 g/mol. The van der Waals surface area contributed by atoms with E-state index in [2.05, 4.69) is 15.3 Å². The number of nitrogens with one attached hydrogen (secondary N) is 1. The van der Waals surface area contributed by atoms with Crippen LogP contribution in [0, 0.1) is 13.8 Å². The molecule has 0 spiro atoms. The van der Waals surface area contributed by atoms with Gasteiger partial charge >= 0.3 is 0 Å². The SMILES string of the molecule is Cc1cc(C(C)Nc2ccc(Cl)nc2N2CCS(=O)(=O)CC2)c2oc(-c3cccnc3)c(C)c(=O)c2c1. The van der Waals surface area contributed by atoms with Crippen molar-refractivity contribution < 1.29 is 12.8 Å². The van der Waals surface area contributed by atoms with Gasteiger partial charge in [-0.1, -0.05) is 17.7 Å². The van der Waals surface area contributed by atoms with Gasteiger partial charge in [0.15, 0.2) is 21.1 Å². The Labute approximate surface area is 220 Å². The average Bonchev–Trinajstić information content (AvgIpc) is 2.87. The lowest BCUT2D eigenvalue weighted by Gasteiger charge is -2.30. The van der Waals surface area contributed by atoms with Crippen LogP contribution in [0.5, 0.6) is 0 Å². The molecule has 1 saturated heterocycles. The number of benzene rings is 1. The summed E-state index contributed by atoms with van der Waals surface area (Å²) in [4.78, 5) is 24.0. The number of aryl methyl sites for hydroxylation is 1. The zero-order chi connectivity index (χ0) is 26.3. The highest BCUT2D eigenvalue weighted by molar-refractivity contribution is 7.91. The molecule has 5 rings (SSSR count). The first-order valence-electron chi connectivity index (χ1n) is 12.0.